The van der Waals surface area contributed by atoms with Crippen molar-refractivity contribution in [3.63, 3.8) is 0 Å². The Morgan fingerprint density at radius 2 is 1.84 bits per heavy atom. The van der Waals surface area contributed by atoms with Crippen LogP contribution in [0, 0.1) is 0 Å². The van der Waals surface area contributed by atoms with Crippen LogP contribution < -0.4 is 4.72 Å². The Balaban J connectivity index is 2.30. The summed E-state index contributed by atoms with van der Waals surface area (Å²) in [6.07, 6.45) is 1.52. The number of alkyl halides is 1. The summed E-state index contributed by atoms with van der Waals surface area (Å²) < 4.78 is 27.4. The predicted molar refractivity (Wildman–Crippen MR) is 81.8 cm³/mol. The fourth-order valence-corrected chi connectivity index (χ4v) is 3.29. The number of pyridine rings is 1. The lowest BCUT2D eigenvalue weighted by Gasteiger charge is -2.08. The molecule has 2 rings (SSSR count). The molecule has 1 heterocycles. The standard InChI is InChI=1S/C12H10Br2N2O2S/c13-8-9-3-5-10(6-4-9)19(17,18)16-12-11(14)2-1-7-15-12/h1-7H,8H2,(H,15,16). The van der Waals surface area contributed by atoms with Gasteiger partial charge in [0.2, 0.25) is 0 Å². The van der Waals surface area contributed by atoms with Crippen molar-refractivity contribution in [3.8, 4) is 0 Å². The molecule has 0 radical (unpaired) electrons. The molecular weight excluding hydrogens is 396 g/mol. The van der Waals surface area contributed by atoms with Gasteiger partial charge in [-0.15, -0.1) is 0 Å². The maximum atomic E-state index is 12.2. The molecule has 0 saturated heterocycles. The van der Waals surface area contributed by atoms with Crippen molar-refractivity contribution in [2.24, 2.45) is 0 Å². The number of rotatable bonds is 4. The number of sulfonamides is 1. The molecule has 0 aliphatic rings. The number of nitrogens with zero attached hydrogens (tertiary/aromatic N) is 1. The van der Waals surface area contributed by atoms with Gasteiger partial charge in [-0.05, 0) is 45.8 Å². The molecule has 1 N–H and O–H groups in total. The van der Waals surface area contributed by atoms with Gasteiger partial charge in [0.1, 0.15) is 0 Å². The molecule has 19 heavy (non-hydrogen) atoms. The molecule has 2 aromatic rings. The van der Waals surface area contributed by atoms with Gasteiger partial charge in [-0.2, -0.15) is 0 Å². The zero-order chi connectivity index (χ0) is 13.9. The lowest BCUT2D eigenvalue weighted by Crippen LogP contribution is -2.14. The van der Waals surface area contributed by atoms with E-state index < -0.39 is 10.0 Å². The van der Waals surface area contributed by atoms with Crippen LogP contribution >= 0.6 is 31.9 Å². The number of benzene rings is 1. The van der Waals surface area contributed by atoms with E-state index in [9.17, 15) is 8.42 Å². The summed E-state index contributed by atoms with van der Waals surface area (Å²) in [5.74, 6) is 0.270. The SMILES string of the molecule is O=S(=O)(Nc1ncccc1Br)c1ccc(CBr)cc1. The molecule has 0 unspecified atom stereocenters. The van der Waals surface area contributed by atoms with Crippen LogP contribution in [0.1, 0.15) is 5.56 Å². The minimum Gasteiger partial charge on any atom is -0.262 e. The van der Waals surface area contributed by atoms with E-state index in [2.05, 4.69) is 41.6 Å². The van der Waals surface area contributed by atoms with E-state index in [1.807, 2.05) is 0 Å². The van der Waals surface area contributed by atoms with Crippen molar-refractivity contribution in [1.82, 2.24) is 4.98 Å². The molecule has 0 aliphatic heterocycles. The van der Waals surface area contributed by atoms with Gasteiger partial charge < -0.3 is 0 Å². The van der Waals surface area contributed by atoms with E-state index in [4.69, 9.17) is 0 Å². The summed E-state index contributed by atoms with van der Waals surface area (Å²) in [6, 6.07) is 10.1. The molecule has 100 valence electrons. The van der Waals surface area contributed by atoms with E-state index in [1.54, 1.807) is 36.4 Å². The molecule has 0 saturated carbocycles. The van der Waals surface area contributed by atoms with Crippen LogP contribution in [-0.4, -0.2) is 13.4 Å². The number of halogens is 2. The Morgan fingerprint density at radius 1 is 1.16 bits per heavy atom. The zero-order valence-corrected chi connectivity index (χ0v) is 13.7. The van der Waals surface area contributed by atoms with Crippen LogP contribution in [0.15, 0.2) is 52.0 Å². The average Bonchev–Trinajstić information content (AvgIpc) is 2.41. The van der Waals surface area contributed by atoms with Crippen molar-refractivity contribution in [2.45, 2.75) is 10.2 Å². The molecule has 0 fully saturated rings. The molecular formula is C12H10Br2N2O2S. The first-order valence-electron chi connectivity index (χ1n) is 5.31. The van der Waals surface area contributed by atoms with Crippen LogP contribution in [0.25, 0.3) is 0 Å². The first-order valence-corrected chi connectivity index (χ1v) is 8.71. The Hall–Kier alpha value is -0.920. The summed E-state index contributed by atoms with van der Waals surface area (Å²) in [4.78, 5) is 4.18. The van der Waals surface area contributed by atoms with Crippen molar-refractivity contribution in [1.29, 1.82) is 0 Å². The number of anilines is 1. The Kier molecular flexibility index (Phi) is 4.59. The third-order valence-corrected chi connectivity index (χ3v) is 5.02. The average molecular weight is 406 g/mol. The van der Waals surface area contributed by atoms with E-state index >= 15 is 0 Å². The number of nitrogens with one attached hydrogen (secondary N) is 1. The normalized spacial score (nSPS) is 11.3. The second-order valence-corrected chi connectivity index (χ2v) is 6.81. The first-order chi connectivity index (χ1) is 9.03. The van der Waals surface area contributed by atoms with Crippen LogP contribution in [-0.2, 0) is 15.4 Å². The monoisotopic (exact) mass is 404 g/mol. The summed E-state index contributed by atoms with van der Waals surface area (Å²) in [5, 5.41) is 0.687. The molecule has 7 heteroatoms. The number of hydrogen-bond donors (Lipinski definition) is 1. The lowest BCUT2D eigenvalue weighted by molar-refractivity contribution is 0.601. The lowest BCUT2D eigenvalue weighted by atomic mass is 10.2. The van der Waals surface area contributed by atoms with E-state index in [0.29, 0.717) is 9.80 Å². The minimum atomic E-state index is -3.62. The molecule has 0 aliphatic carbocycles. The van der Waals surface area contributed by atoms with Crippen LogP contribution in [0.5, 0.6) is 0 Å². The third kappa shape index (κ3) is 3.55. The predicted octanol–water partition coefficient (Wildman–Crippen LogP) is 3.54. The maximum absolute atomic E-state index is 12.2. The van der Waals surface area contributed by atoms with Gasteiger partial charge in [0, 0.05) is 11.5 Å². The van der Waals surface area contributed by atoms with Crippen molar-refractivity contribution >= 4 is 47.7 Å². The largest absolute Gasteiger partial charge is 0.263 e. The van der Waals surface area contributed by atoms with Gasteiger partial charge in [-0.25, -0.2) is 13.4 Å². The van der Waals surface area contributed by atoms with Gasteiger partial charge in [-0.3, -0.25) is 4.72 Å². The molecule has 1 aromatic carbocycles. The molecule has 0 amide bonds. The molecule has 1 aromatic heterocycles. The first kappa shape index (κ1) is 14.5. The second kappa shape index (κ2) is 6.02. The minimum absolute atomic E-state index is 0.203. The molecule has 0 atom stereocenters. The van der Waals surface area contributed by atoms with Gasteiger partial charge in [0.15, 0.2) is 5.82 Å². The molecule has 0 spiro atoms. The quantitative estimate of drug-likeness (QED) is 0.791. The van der Waals surface area contributed by atoms with Gasteiger partial charge in [0.05, 0.1) is 9.37 Å². The summed E-state index contributed by atoms with van der Waals surface area (Å²) in [5.41, 5.74) is 1.01. The van der Waals surface area contributed by atoms with Crippen LogP contribution in [0.4, 0.5) is 5.82 Å². The van der Waals surface area contributed by atoms with Gasteiger partial charge in [-0.1, -0.05) is 28.1 Å². The van der Waals surface area contributed by atoms with Gasteiger partial charge >= 0.3 is 0 Å². The highest BCUT2D eigenvalue weighted by atomic mass is 79.9. The highest BCUT2D eigenvalue weighted by Gasteiger charge is 2.15. The van der Waals surface area contributed by atoms with E-state index in [0.717, 1.165) is 5.56 Å². The Morgan fingerprint density at radius 3 is 2.42 bits per heavy atom. The van der Waals surface area contributed by atoms with Gasteiger partial charge in [0.25, 0.3) is 10.0 Å². The molecule has 0 bridgehead atoms. The van der Waals surface area contributed by atoms with Crippen molar-refractivity contribution < 1.29 is 8.42 Å². The zero-order valence-electron chi connectivity index (χ0n) is 9.68. The van der Waals surface area contributed by atoms with E-state index in [1.165, 1.54) is 6.20 Å². The Bertz CT molecular complexity index is 672. The fraction of sp³-hybridized carbons (Fsp3) is 0.0833. The summed E-state index contributed by atoms with van der Waals surface area (Å²) in [6.45, 7) is 0. The summed E-state index contributed by atoms with van der Waals surface area (Å²) in [7, 11) is -3.62. The smallest absolute Gasteiger partial charge is 0.262 e. The fourth-order valence-electron chi connectivity index (χ4n) is 1.40. The maximum Gasteiger partial charge on any atom is 0.263 e. The molecule has 4 nitrogen and oxygen atoms in total. The highest BCUT2D eigenvalue weighted by Crippen LogP contribution is 2.22. The number of aromatic nitrogens is 1. The third-order valence-electron chi connectivity index (χ3n) is 2.38. The number of hydrogen-bond acceptors (Lipinski definition) is 3. The van der Waals surface area contributed by atoms with Crippen LogP contribution in [0.3, 0.4) is 0 Å². The highest BCUT2D eigenvalue weighted by molar-refractivity contribution is 9.10. The van der Waals surface area contributed by atoms with E-state index in [-0.39, 0.29) is 10.7 Å². The summed E-state index contributed by atoms with van der Waals surface area (Å²) >= 11 is 6.56. The van der Waals surface area contributed by atoms with Crippen LogP contribution in [0.2, 0.25) is 0 Å². The second-order valence-electron chi connectivity index (χ2n) is 3.72. The topological polar surface area (TPSA) is 59.1 Å². The van der Waals surface area contributed by atoms with Crippen molar-refractivity contribution in [2.75, 3.05) is 4.72 Å². The Labute approximate surface area is 128 Å². The van der Waals surface area contributed by atoms with Crippen molar-refractivity contribution in [3.05, 3.63) is 52.6 Å².